The monoisotopic (exact) mass is 489 g/mol. The molecule has 0 unspecified atom stereocenters. The highest BCUT2D eigenvalue weighted by Gasteiger charge is 2.36. The van der Waals surface area contributed by atoms with Crippen LogP contribution in [0.3, 0.4) is 0 Å². The molecule has 2 aliphatic rings. The van der Waals surface area contributed by atoms with Crippen LogP contribution in [0.1, 0.15) is 51.7 Å². The Morgan fingerprint density at radius 1 is 1.03 bits per heavy atom. The molecule has 0 fully saturated rings. The van der Waals surface area contributed by atoms with E-state index in [1.54, 1.807) is 4.90 Å². The van der Waals surface area contributed by atoms with Gasteiger partial charge in [0.25, 0.3) is 0 Å². The van der Waals surface area contributed by atoms with Crippen molar-refractivity contribution in [2.45, 2.75) is 45.2 Å². The van der Waals surface area contributed by atoms with Crippen molar-refractivity contribution in [3.63, 3.8) is 0 Å². The van der Waals surface area contributed by atoms with E-state index in [2.05, 4.69) is 22.1 Å². The second kappa shape index (κ2) is 8.64. The lowest BCUT2D eigenvalue weighted by Crippen LogP contribution is -2.38. The number of benzene rings is 2. The molecule has 2 aromatic carbocycles. The number of aryl methyl sites for hydroxylation is 2. The van der Waals surface area contributed by atoms with Crippen molar-refractivity contribution in [1.29, 1.82) is 0 Å². The number of hydrogen-bond donors (Lipinski definition) is 1. The third-order valence-electron chi connectivity index (χ3n) is 7.01. The molecule has 1 N–H and O–H groups in total. The molecule has 1 aliphatic carbocycles. The maximum Gasteiger partial charge on any atom is 0.323 e. The number of nitrogens with zero attached hydrogens (tertiary/aromatic N) is 2. The van der Waals surface area contributed by atoms with Crippen LogP contribution in [0.2, 0.25) is 0 Å². The average Bonchev–Trinajstić information content (AvgIpc) is 3.43. The summed E-state index contributed by atoms with van der Waals surface area (Å²) in [6.45, 7) is 2.45. The van der Waals surface area contributed by atoms with Crippen LogP contribution in [-0.4, -0.2) is 15.5 Å². The molecule has 7 heteroatoms. The molecule has 1 aliphatic heterocycles. The molecule has 0 spiro atoms. The Morgan fingerprint density at radius 2 is 1.83 bits per heavy atom. The van der Waals surface area contributed by atoms with Crippen LogP contribution in [0.4, 0.5) is 19.3 Å². The van der Waals surface area contributed by atoms with E-state index >= 15 is 0 Å². The molecular formula is C28H25F2N3OS. The number of anilines is 1. The number of carbonyl (C=O) groups is 1. The zero-order chi connectivity index (χ0) is 24.1. The molecule has 4 aromatic rings. The smallest absolute Gasteiger partial charge is 0.310 e. The number of amides is 2. The Balaban J connectivity index is 1.49. The fourth-order valence-corrected chi connectivity index (χ4v) is 6.67. The minimum absolute atomic E-state index is 0.0359. The van der Waals surface area contributed by atoms with Gasteiger partial charge in [0.1, 0.15) is 16.6 Å². The predicted octanol–water partition coefficient (Wildman–Crippen LogP) is 7.14. The lowest BCUT2D eigenvalue weighted by molar-refractivity contribution is 0.194. The number of fused-ring (bicyclic) bond motifs is 5. The molecule has 178 valence electrons. The van der Waals surface area contributed by atoms with Crippen molar-refractivity contribution in [3.8, 4) is 5.00 Å². The van der Waals surface area contributed by atoms with E-state index in [0.29, 0.717) is 6.54 Å². The molecule has 3 heterocycles. The summed E-state index contributed by atoms with van der Waals surface area (Å²) in [5, 5.41) is 3.88. The lowest BCUT2D eigenvalue weighted by atomic mass is 9.95. The summed E-state index contributed by atoms with van der Waals surface area (Å²) in [5.74, 6) is -1.47. The first-order valence-corrected chi connectivity index (χ1v) is 12.7. The van der Waals surface area contributed by atoms with Gasteiger partial charge < -0.3 is 14.8 Å². The van der Waals surface area contributed by atoms with Gasteiger partial charge in [-0.25, -0.2) is 13.6 Å². The molecule has 6 rings (SSSR count). The van der Waals surface area contributed by atoms with Crippen LogP contribution in [0.15, 0.2) is 60.8 Å². The van der Waals surface area contributed by atoms with Crippen molar-refractivity contribution >= 4 is 23.1 Å². The van der Waals surface area contributed by atoms with Gasteiger partial charge in [-0.3, -0.25) is 0 Å². The summed E-state index contributed by atoms with van der Waals surface area (Å²) >= 11 is 1.82. The first-order valence-electron chi connectivity index (χ1n) is 11.9. The average molecular weight is 490 g/mol. The van der Waals surface area contributed by atoms with Crippen molar-refractivity contribution in [2.75, 3.05) is 5.32 Å². The highest BCUT2D eigenvalue weighted by atomic mass is 32.1. The summed E-state index contributed by atoms with van der Waals surface area (Å²) in [7, 11) is 0. The number of hydrogen-bond acceptors (Lipinski definition) is 2. The van der Waals surface area contributed by atoms with Gasteiger partial charge in [0.2, 0.25) is 0 Å². The summed E-state index contributed by atoms with van der Waals surface area (Å²) in [6.07, 6.45) is 6.47. The second-order valence-electron chi connectivity index (χ2n) is 9.29. The van der Waals surface area contributed by atoms with Gasteiger partial charge in [0.15, 0.2) is 0 Å². The Kier molecular flexibility index (Phi) is 5.44. The van der Waals surface area contributed by atoms with Crippen LogP contribution in [-0.2, 0) is 19.4 Å². The summed E-state index contributed by atoms with van der Waals surface area (Å²) in [5.41, 5.74) is 5.59. The normalized spacial score (nSPS) is 16.8. The molecule has 0 bridgehead atoms. The first-order chi connectivity index (χ1) is 17.0. The molecule has 2 amide bonds. The Hall–Kier alpha value is -3.45. The van der Waals surface area contributed by atoms with Crippen LogP contribution in [0.25, 0.3) is 5.00 Å². The highest BCUT2D eigenvalue weighted by molar-refractivity contribution is 7.15. The van der Waals surface area contributed by atoms with Crippen molar-refractivity contribution in [3.05, 3.63) is 105 Å². The zero-order valence-electron chi connectivity index (χ0n) is 19.4. The Morgan fingerprint density at radius 3 is 2.63 bits per heavy atom. The maximum atomic E-state index is 14.5. The fraction of sp³-hybridized carbons (Fsp3) is 0.250. The fourth-order valence-electron chi connectivity index (χ4n) is 5.26. The minimum Gasteiger partial charge on any atom is -0.310 e. The van der Waals surface area contributed by atoms with Crippen molar-refractivity contribution in [2.24, 2.45) is 0 Å². The minimum atomic E-state index is -0.794. The molecule has 0 saturated carbocycles. The Labute approximate surface area is 206 Å². The standard InChI is InChI=1S/C28H25F2N3OS/c1-17-8-10-18(11-9-17)26-24-6-4-14-32(24)27-21(20-5-2-3-7-25(20)35-27)16-33(26)28(34)31-23-13-12-19(29)15-22(23)30/h4,6,8-15,26H,2-3,5,7,16H2,1H3,(H,31,34)/t26-/m1/s1. The quantitative estimate of drug-likeness (QED) is 0.319. The number of rotatable bonds is 2. The number of aromatic nitrogens is 1. The lowest BCUT2D eigenvalue weighted by Gasteiger charge is -2.31. The van der Waals surface area contributed by atoms with Gasteiger partial charge in [-0.05, 0) is 68.0 Å². The van der Waals surface area contributed by atoms with Gasteiger partial charge in [-0.2, -0.15) is 0 Å². The third-order valence-corrected chi connectivity index (χ3v) is 8.34. The van der Waals surface area contributed by atoms with Gasteiger partial charge in [-0.15, -0.1) is 11.3 Å². The highest BCUT2D eigenvalue weighted by Crippen LogP contribution is 2.44. The number of carbonyl (C=O) groups excluding carboxylic acids is 1. The maximum absolute atomic E-state index is 14.5. The van der Waals surface area contributed by atoms with Crippen LogP contribution < -0.4 is 5.32 Å². The van der Waals surface area contributed by atoms with E-state index < -0.39 is 17.7 Å². The molecule has 4 nitrogen and oxygen atoms in total. The SMILES string of the molecule is Cc1ccc([C@@H]2c3cccn3-c3sc4c(c3CN2C(=O)Nc2ccc(F)cc2F)CCCC4)cc1. The molecule has 2 aromatic heterocycles. The molecule has 1 atom stereocenters. The summed E-state index contributed by atoms with van der Waals surface area (Å²) < 4.78 is 30.1. The van der Waals surface area contributed by atoms with E-state index in [4.69, 9.17) is 0 Å². The number of nitrogens with one attached hydrogen (secondary N) is 1. The molecule has 0 saturated heterocycles. The van der Waals surface area contributed by atoms with Crippen LogP contribution >= 0.6 is 11.3 Å². The first kappa shape index (κ1) is 22.0. The molecule has 0 radical (unpaired) electrons. The van der Waals surface area contributed by atoms with Crippen LogP contribution in [0.5, 0.6) is 0 Å². The zero-order valence-corrected chi connectivity index (χ0v) is 20.2. The van der Waals surface area contributed by atoms with E-state index in [-0.39, 0.29) is 11.7 Å². The van der Waals surface area contributed by atoms with E-state index in [1.165, 1.54) is 28.5 Å². The van der Waals surface area contributed by atoms with Crippen molar-refractivity contribution < 1.29 is 13.6 Å². The van der Waals surface area contributed by atoms with Gasteiger partial charge in [0.05, 0.1) is 24.0 Å². The van der Waals surface area contributed by atoms with E-state index in [1.807, 2.05) is 48.6 Å². The predicted molar refractivity (Wildman–Crippen MR) is 134 cm³/mol. The number of thiophene rings is 1. The number of urea groups is 1. The largest absolute Gasteiger partial charge is 0.323 e. The van der Waals surface area contributed by atoms with Gasteiger partial charge >= 0.3 is 6.03 Å². The Bertz CT molecular complexity index is 1420. The van der Waals surface area contributed by atoms with Gasteiger partial charge in [-0.1, -0.05) is 29.8 Å². The third kappa shape index (κ3) is 3.84. The summed E-state index contributed by atoms with van der Waals surface area (Å²) in [4.78, 5) is 17.0. The topological polar surface area (TPSA) is 37.3 Å². The van der Waals surface area contributed by atoms with E-state index in [0.717, 1.165) is 53.2 Å². The number of halogens is 2. The summed E-state index contributed by atoms with van der Waals surface area (Å²) in [6, 6.07) is 14.7. The van der Waals surface area contributed by atoms with Crippen LogP contribution in [0, 0.1) is 18.6 Å². The second-order valence-corrected chi connectivity index (χ2v) is 10.4. The van der Waals surface area contributed by atoms with Gasteiger partial charge in [0, 0.05) is 22.7 Å². The molecule has 35 heavy (non-hydrogen) atoms. The molecular weight excluding hydrogens is 464 g/mol. The van der Waals surface area contributed by atoms with E-state index in [9.17, 15) is 13.6 Å². The van der Waals surface area contributed by atoms with Crippen molar-refractivity contribution in [1.82, 2.24) is 9.47 Å².